The highest BCUT2D eigenvalue weighted by Gasteiger charge is 2.14. The largest absolute Gasteiger partial charge is 0.475 e. The minimum Gasteiger partial charge on any atom is -0.475 e. The molecule has 5 nitrogen and oxygen atoms in total. The number of hydrogen-bond donors (Lipinski definition) is 1. The van der Waals surface area contributed by atoms with Gasteiger partial charge in [-0.2, -0.15) is 0 Å². The van der Waals surface area contributed by atoms with E-state index in [4.69, 9.17) is 5.11 Å². The molecule has 0 aliphatic carbocycles. The average molecular weight is 226 g/mol. The van der Waals surface area contributed by atoms with Crippen LogP contribution < -0.4 is 0 Å². The number of carboxylic acid groups (broad SMARTS) is 1. The molecule has 0 amide bonds. The average Bonchev–Trinajstić information content (AvgIpc) is 2.17. The normalized spacial score (nSPS) is 10.3. The predicted molar refractivity (Wildman–Crippen MR) is 56.0 cm³/mol. The van der Waals surface area contributed by atoms with Crippen LogP contribution in [0.1, 0.15) is 35.0 Å². The van der Waals surface area contributed by atoms with Crippen LogP contribution >= 0.6 is 11.8 Å². The summed E-state index contributed by atoms with van der Waals surface area (Å²) in [7, 11) is 0. The molecular formula is C9H10N2O3S. The first-order valence-corrected chi connectivity index (χ1v) is 5.16. The molecule has 0 aromatic carbocycles. The summed E-state index contributed by atoms with van der Waals surface area (Å²) in [4.78, 5) is 29.2. The van der Waals surface area contributed by atoms with Gasteiger partial charge in [-0.3, -0.25) is 4.79 Å². The van der Waals surface area contributed by atoms with Gasteiger partial charge in [0.15, 0.2) is 0 Å². The molecule has 0 spiro atoms. The number of carbonyl (C=O) groups excluding carboxylic acids is 1. The van der Waals surface area contributed by atoms with E-state index in [1.54, 1.807) is 0 Å². The van der Waals surface area contributed by atoms with Gasteiger partial charge in [-0.05, 0) is 6.07 Å². The Balaban J connectivity index is 2.90. The van der Waals surface area contributed by atoms with E-state index in [9.17, 15) is 9.59 Å². The molecule has 80 valence electrons. The Morgan fingerprint density at radius 3 is 2.67 bits per heavy atom. The summed E-state index contributed by atoms with van der Waals surface area (Å²) in [5, 5.41) is 8.53. The third-order valence-electron chi connectivity index (χ3n) is 1.40. The van der Waals surface area contributed by atoms with Crippen molar-refractivity contribution in [3.8, 4) is 0 Å². The summed E-state index contributed by atoms with van der Waals surface area (Å²) in [5.41, 5.74) is 0.126. The van der Waals surface area contributed by atoms with Gasteiger partial charge in [-0.25, -0.2) is 14.8 Å². The molecule has 0 saturated carbocycles. The number of carboxylic acids is 1. The Bertz CT molecular complexity index is 393. The maximum absolute atomic E-state index is 11.5. The number of hydrogen-bond acceptors (Lipinski definition) is 5. The van der Waals surface area contributed by atoms with Crippen molar-refractivity contribution in [1.82, 2.24) is 9.97 Å². The second-order valence-electron chi connectivity index (χ2n) is 3.02. The van der Waals surface area contributed by atoms with Gasteiger partial charge in [0.25, 0.3) is 0 Å². The number of carbonyl (C=O) groups is 2. The monoisotopic (exact) mass is 226 g/mol. The van der Waals surface area contributed by atoms with Crippen LogP contribution in [0.25, 0.3) is 0 Å². The van der Waals surface area contributed by atoms with Crippen LogP contribution in [-0.2, 0) is 0 Å². The van der Waals surface area contributed by atoms with E-state index in [1.165, 1.54) is 12.3 Å². The van der Waals surface area contributed by atoms with Crippen LogP contribution in [-0.4, -0.2) is 31.4 Å². The van der Waals surface area contributed by atoms with E-state index in [0.717, 1.165) is 11.8 Å². The van der Waals surface area contributed by atoms with Crippen LogP contribution in [0.4, 0.5) is 0 Å². The van der Waals surface area contributed by atoms with Crippen LogP contribution in [0.2, 0.25) is 0 Å². The van der Waals surface area contributed by atoms with E-state index >= 15 is 0 Å². The molecule has 0 radical (unpaired) electrons. The summed E-state index contributed by atoms with van der Waals surface area (Å²) < 4.78 is 0. The fourth-order valence-corrected chi connectivity index (χ4v) is 1.51. The number of aromatic nitrogens is 2. The number of nitrogens with zero attached hydrogens (tertiary/aromatic N) is 2. The number of rotatable bonds is 3. The zero-order chi connectivity index (χ0) is 11.4. The SMILES string of the molecule is CC(C)SC(=O)c1ccnc(C(=O)O)n1. The van der Waals surface area contributed by atoms with Crippen molar-refractivity contribution < 1.29 is 14.7 Å². The van der Waals surface area contributed by atoms with Gasteiger partial charge in [-0.1, -0.05) is 25.6 Å². The van der Waals surface area contributed by atoms with Crippen LogP contribution in [0.5, 0.6) is 0 Å². The second-order valence-corrected chi connectivity index (χ2v) is 4.57. The third kappa shape index (κ3) is 3.32. The lowest BCUT2D eigenvalue weighted by Gasteiger charge is -2.02. The summed E-state index contributed by atoms with van der Waals surface area (Å²) in [5.74, 6) is -1.59. The van der Waals surface area contributed by atoms with E-state index in [2.05, 4.69) is 9.97 Å². The topological polar surface area (TPSA) is 80.2 Å². The van der Waals surface area contributed by atoms with Gasteiger partial charge in [0.1, 0.15) is 5.69 Å². The van der Waals surface area contributed by atoms with Crippen molar-refractivity contribution in [3.63, 3.8) is 0 Å². The first-order valence-electron chi connectivity index (χ1n) is 4.28. The third-order valence-corrected chi connectivity index (χ3v) is 2.29. The Morgan fingerprint density at radius 1 is 1.47 bits per heavy atom. The standard InChI is InChI=1S/C9H10N2O3S/c1-5(2)15-9(14)6-3-4-10-7(11-6)8(12)13/h3-5H,1-2H3,(H,12,13). The lowest BCUT2D eigenvalue weighted by Crippen LogP contribution is -2.09. The molecule has 0 fully saturated rings. The van der Waals surface area contributed by atoms with E-state index < -0.39 is 5.97 Å². The molecule has 0 aliphatic heterocycles. The fourth-order valence-electron chi connectivity index (χ4n) is 0.850. The van der Waals surface area contributed by atoms with Gasteiger partial charge in [0.05, 0.1) is 0 Å². The Labute approximate surface area is 90.9 Å². The summed E-state index contributed by atoms with van der Waals surface area (Å²) >= 11 is 1.11. The Kier molecular flexibility index (Phi) is 3.79. The molecular weight excluding hydrogens is 216 g/mol. The fraction of sp³-hybridized carbons (Fsp3) is 0.333. The molecule has 6 heteroatoms. The number of aromatic carboxylic acids is 1. The molecule has 1 N–H and O–H groups in total. The summed E-state index contributed by atoms with van der Waals surface area (Å²) in [6, 6.07) is 1.41. The molecule has 1 aromatic heterocycles. The van der Waals surface area contributed by atoms with Gasteiger partial charge in [0, 0.05) is 11.4 Å². The molecule has 0 saturated heterocycles. The smallest absolute Gasteiger partial charge is 0.373 e. The van der Waals surface area contributed by atoms with Crippen LogP contribution in [0.3, 0.4) is 0 Å². The maximum atomic E-state index is 11.5. The highest BCUT2D eigenvalue weighted by Crippen LogP contribution is 2.15. The van der Waals surface area contributed by atoms with Gasteiger partial charge in [-0.15, -0.1) is 0 Å². The quantitative estimate of drug-likeness (QED) is 0.840. The van der Waals surface area contributed by atoms with Crippen LogP contribution in [0.15, 0.2) is 12.3 Å². The predicted octanol–water partition coefficient (Wildman–Crippen LogP) is 1.46. The van der Waals surface area contributed by atoms with E-state index in [1.807, 2.05) is 13.8 Å². The van der Waals surface area contributed by atoms with Gasteiger partial charge < -0.3 is 5.11 Å². The van der Waals surface area contributed by atoms with Gasteiger partial charge >= 0.3 is 5.97 Å². The lowest BCUT2D eigenvalue weighted by molar-refractivity contribution is 0.0683. The number of thioether (sulfide) groups is 1. The molecule has 0 unspecified atom stereocenters. The molecule has 0 atom stereocenters. The first-order chi connectivity index (χ1) is 7.00. The minimum atomic E-state index is -1.24. The van der Waals surface area contributed by atoms with Crippen molar-refractivity contribution in [2.45, 2.75) is 19.1 Å². The highest BCUT2D eigenvalue weighted by atomic mass is 32.2. The molecule has 15 heavy (non-hydrogen) atoms. The Hall–Kier alpha value is -1.43. The molecule has 0 aliphatic rings. The highest BCUT2D eigenvalue weighted by molar-refractivity contribution is 8.14. The zero-order valence-corrected chi connectivity index (χ0v) is 9.11. The molecule has 1 heterocycles. The van der Waals surface area contributed by atoms with Crippen molar-refractivity contribution >= 4 is 22.8 Å². The van der Waals surface area contributed by atoms with Crippen molar-refractivity contribution in [2.24, 2.45) is 0 Å². The van der Waals surface area contributed by atoms with Crippen molar-refractivity contribution in [3.05, 3.63) is 23.8 Å². The second kappa shape index (κ2) is 4.88. The summed E-state index contributed by atoms with van der Waals surface area (Å²) in [6.45, 7) is 3.75. The summed E-state index contributed by atoms with van der Waals surface area (Å²) in [6.07, 6.45) is 1.27. The van der Waals surface area contributed by atoms with Crippen LogP contribution in [0, 0.1) is 0 Å². The van der Waals surface area contributed by atoms with Crippen molar-refractivity contribution in [1.29, 1.82) is 0 Å². The van der Waals surface area contributed by atoms with Crippen molar-refractivity contribution in [2.75, 3.05) is 0 Å². The van der Waals surface area contributed by atoms with Gasteiger partial charge in [0.2, 0.25) is 10.9 Å². The first kappa shape index (κ1) is 11.6. The zero-order valence-electron chi connectivity index (χ0n) is 8.30. The van der Waals surface area contributed by atoms with E-state index in [0.29, 0.717) is 0 Å². The minimum absolute atomic E-state index is 0.126. The Morgan fingerprint density at radius 2 is 2.13 bits per heavy atom. The lowest BCUT2D eigenvalue weighted by atomic mass is 10.4. The molecule has 1 aromatic rings. The van der Waals surface area contributed by atoms with E-state index in [-0.39, 0.29) is 21.9 Å². The molecule has 0 bridgehead atoms. The maximum Gasteiger partial charge on any atom is 0.373 e. The molecule has 1 rings (SSSR count).